The van der Waals surface area contributed by atoms with Crippen LogP contribution >= 0.6 is 23.2 Å². The van der Waals surface area contributed by atoms with Gasteiger partial charge in [0.1, 0.15) is 0 Å². The first kappa shape index (κ1) is 8.89. The average molecular weight is 188 g/mol. The lowest BCUT2D eigenvalue weighted by Gasteiger charge is -2.10. The summed E-state index contributed by atoms with van der Waals surface area (Å²) in [5.41, 5.74) is 1.15. The molecule has 0 fully saturated rings. The van der Waals surface area contributed by atoms with Gasteiger partial charge in [-0.1, -0.05) is 60.5 Å². The van der Waals surface area contributed by atoms with E-state index in [-0.39, 0.29) is 5.92 Å². The van der Waals surface area contributed by atoms with Gasteiger partial charge >= 0.3 is 0 Å². The molecular formula is C9H9Cl2. The molecule has 1 rings (SSSR count). The van der Waals surface area contributed by atoms with Gasteiger partial charge in [-0.15, -0.1) is 0 Å². The molecule has 59 valence electrons. The van der Waals surface area contributed by atoms with E-state index in [0.29, 0.717) is 4.84 Å². The minimum atomic E-state index is 0.125. The third-order valence-electron chi connectivity index (χ3n) is 1.63. The molecule has 1 aromatic carbocycles. The first-order valence-electron chi connectivity index (χ1n) is 3.44. The normalized spacial score (nSPS) is 13.5. The predicted octanol–water partition coefficient (Wildman–Crippen LogP) is 3.76. The van der Waals surface area contributed by atoms with Crippen LogP contribution in [0, 0.1) is 4.84 Å². The fourth-order valence-electron chi connectivity index (χ4n) is 0.868. The maximum Gasteiger partial charge on any atom is 0.158 e. The van der Waals surface area contributed by atoms with Crippen molar-refractivity contribution in [3.05, 3.63) is 40.7 Å². The van der Waals surface area contributed by atoms with E-state index in [2.05, 4.69) is 0 Å². The first-order valence-corrected chi connectivity index (χ1v) is 4.20. The maximum absolute atomic E-state index is 5.64. The molecule has 0 spiro atoms. The summed E-state index contributed by atoms with van der Waals surface area (Å²) in [4.78, 5) is 0.413. The van der Waals surface area contributed by atoms with Gasteiger partial charge < -0.3 is 0 Å². The number of hydrogen-bond donors (Lipinski definition) is 0. The minimum absolute atomic E-state index is 0.125. The second kappa shape index (κ2) is 3.99. The molecule has 0 N–H and O–H groups in total. The molecular weight excluding hydrogens is 179 g/mol. The SMILES string of the molecule is CC([C](Cl)Cl)c1ccccc1. The van der Waals surface area contributed by atoms with E-state index in [4.69, 9.17) is 23.2 Å². The van der Waals surface area contributed by atoms with Crippen LogP contribution in [0.25, 0.3) is 0 Å². The van der Waals surface area contributed by atoms with Gasteiger partial charge in [-0.25, -0.2) is 0 Å². The van der Waals surface area contributed by atoms with Crippen molar-refractivity contribution in [2.45, 2.75) is 12.8 Å². The van der Waals surface area contributed by atoms with Crippen LogP contribution in [-0.2, 0) is 0 Å². The van der Waals surface area contributed by atoms with E-state index < -0.39 is 0 Å². The number of halogens is 2. The Hall–Kier alpha value is -0.200. The average Bonchev–Trinajstić information content (AvgIpc) is 2.05. The van der Waals surface area contributed by atoms with Crippen molar-refractivity contribution >= 4 is 23.2 Å². The Balaban J connectivity index is 2.77. The molecule has 1 unspecified atom stereocenters. The highest BCUT2D eigenvalue weighted by Crippen LogP contribution is 2.31. The van der Waals surface area contributed by atoms with Crippen LogP contribution in [0.4, 0.5) is 0 Å². The Kier molecular flexibility index (Phi) is 3.22. The quantitative estimate of drug-likeness (QED) is 0.662. The largest absolute Gasteiger partial charge is 0.158 e. The van der Waals surface area contributed by atoms with Crippen molar-refractivity contribution in [3.8, 4) is 0 Å². The van der Waals surface area contributed by atoms with Crippen LogP contribution in [0.3, 0.4) is 0 Å². The van der Waals surface area contributed by atoms with E-state index in [0.717, 1.165) is 5.56 Å². The van der Waals surface area contributed by atoms with Gasteiger partial charge in [-0.2, -0.15) is 0 Å². The molecule has 0 aliphatic carbocycles. The maximum atomic E-state index is 5.64. The molecule has 0 nitrogen and oxygen atoms in total. The standard InChI is InChI=1S/C9H9Cl2/c1-7(9(10)11)8-5-3-2-4-6-8/h2-7H,1H3. The van der Waals surface area contributed by atoms with E-state index in [9.17, 15) is 0 Å². The molecule has 0 saturated heterocycles. The molecule has 0 aliphatic rings. The second-order valence-corrected chi connectivity index (χ2v) is 3.43. The molecule has 1 atom stereocenters. The lowest BCUT2D eigenvalue weighted by Crippen LogP contribution is -1.94. The van der Waals surface area contributed by atoms with E-state index >= 15 is 0 Å². The molecule has 0 bridgehead atoms. The van der Waals surface area contributed by atoms with E-state index in [1.54, 1.807) is 0 Å². The summed E-state index contributed by atoms with van der Waals surface area (Å²) >= 11 is 11.3. The van der Waals surface area contributed by atoms with Gasteiger partial charge in [0, 0.05) is 5.92 Å². The van der Waals surface area contributed by atoms with Crippen LogP contribution in [0.5, 0.6) is 0 Å². The van der Waals surface area contributed by atoms with Crippen LogP contribution in [0.2, 0.25) is 0 Å². The number of hydrogen-bond acceptors (Lipinski definition) is 0. The summed E-state index contributed by atoms with van der Waals surface area (Å²) in [7, 11) is 0. The summed E-state index contributed by atoms with van der Waals surface area (Å²) in [6, 6.07) is 9.94. The van der Waals surface area contributed by atoms with E-state index in [1.807, 2.05) is 37.3 Å². The molecule has 1 radical (unpaired) electrons. The predicted molar refractivity (Wildman–Crippen MR) is 49.8 cm³/mol. The summed E-state index contributed by atoms with van der Waals surface area (Å²) in [6.45, 7) is 1.98. The Labute approximate surface area is 77.1 Å². The second-order valence-electron chi connectivity index (χ2n) is 2.42. The summed E-state index contributed by atoms with van der Waals surface area (Å²) in [5.74, 6) is 0.125. The van der Waals surface area contributed by atoms with Gasteiger partial charge in [0.15, 0.2) is 4.84 Å². The van der Waals surface area contributed by atoms with Gasteiger partial charge in [0.25, 0.3) is 0 Å². The van der Waals surface area contributed by atoms with E-state index in [1.165, 1.54) is 0 Å². The van der Waals surface area contributed by atoms with Crippen molar-refractivity contribution in [2.75, 3.05) is 0 Å². The smallest absolute Gasteiger partial charge is 0.0976 e. The fourth-order valence-corrected chi connectivity index (χ4v) is 1.12. The van der Waals surface area contributed by atoms with Crippen LogP contribution < -0.4 is 0 Å². The van der Waals surface area contributed by atoms with Gasteiger partial charge in [-0.05, 0) is 5.56 Å². The highest BCUT2D eigenvalue weighted by Gasteiger charge is 2.13. The van der Waals surface area contributed by atoms with Crippen molar-refractivity contribution in [2.24, 2.45) is 0 Å². The van der Waals surface area contributed by atoms with Crippen LogP contribution in [0.1, 0.15) is 18.4 Å². The summed E-state index contributed by atoms with van der Waals surface area (Å²) in [6.07, 6.45) is 0. The number of rotatable bonds is 2. The molecule has 0 amide bonds. The summed E-state index contributed by atoms with van der Waals surface area (Å²) < 4.78 is 0. The highest BCUT2D eigenvalue weighted by molar-refractivity contribution is 6.53. The zero-order valence-corrected chi connectivity index (χ0v) is 7.73. The molecule has 0 aliphatic heterocycles. The van der Waals surface area contributed by atoms with Crippen molar-refractivity contribution in [1.82, 2.24) is 0 Å². The molecule has 1 aromatic rings. The zero-order valence-electron chi connectivity index (χ0n) is 6.22. The van der Waals surface area contributed by atoms with Crippen LogP contribution in [-0.4, -0.2) is 0 Å². The Bertz CT molecular complexity index is 206. The van der Waals surface area contributed by atoms with Crippen molar-refractivity contribution in [1.29, 1.82) is 0 Å². The van der Waals surface area contributed by atoms with Gasteiger partial charge in [-0.3, -0.25) is 0 Å². The Morgan fingerprint density at radius 2 is 1.73 bits per heavy atom. The monoisotopic (exact) mass is 187 g/mol. The molecule has 0 aromatic heterocycles. The molecule has 2 heteroatoms. The fraction of sp³-hybridized carbons (Fsp3) is 0.222. The summed E-state index contributed by atoms with van der Waals surface area (Å²) in [5, 5.41) is 0. The Morgan fingerprint density at radius 1 is 1.18 bits per heavy atom. The van der Waals surface area contributed by atoms with Gasteiger partial charge in [0.2, 0.25) is 0 Å². The topological polar surface area (TPSA) is 0 Å². The van der Waals surface area contributed by atoms with Gasteiger partial charge in [0.05, 0.1) is 0 Å². The minimum Gasteiger partial charge on any atom is -0.0976 e. The van der Waals surface area contributed by atoms with Crippen molar-refractivity contribution in [3.63, 3.8) is 0 Å². The third-order valence-corrected chi connectivity index (χ3v) is 2.28. The number of benzene rings is 1. The molecule has 0 heterocycles. The lowest BCUT2D eigenvalue weighted by atomic mass is 10.0. The Morgan fingerprint density at radius 3 is 2.18 bits per heavy atom. The highest BCUT2D eigenvalue weighted by atomic mass is 35.5. The van der Waals surface area contributed by atoms with Crippen LogP contribution in [0.15, 0.2) is 30.3 Å². The lowest BCUT2D eigenvalue weighted by molar-refractivity contribution is 0.919. The third kappa shape index (κ3) is 2.39. The van der Waals surface area contributed by atoms with Crippen molar-refractivity contribution < 1.29 is 0 Å². The zero-order chi connectivity index (χ0) is 8.27. The first-order chi connectivity index (χ1) is 5.22. The molecule has 0 saturated carbocycles. The molecule has 11 heavy (non-hydrogen) atoms.